The van der Waals surface area contributed by atoms with Gasteiger partial charge in [0.2, 0.25) is 11.8 Å². The number of urea groups is 1. The SMILES string of the molecule is NC(=O)NC(=O)CSc1nnc(-c2cccc(Cl)c2)o1. The summed E-state index contributed by atoms with van der Waals surface area (Å²) < 4.78 is 5.37. The Kier molecular flexibility index (Phi) is 4.59. The highest BCUT2D eigenvalue weighted by Gasteiger charge is 2.12. The third kappa shape index (κ3) is 3.97. The minimum atomic E-state index is -0.902. The van der Waals surface area contributed by atoms with Gasteiger partial charge in [-0.2, -0.15) is 0 Å². The summed E-state index contributed by atoms with van der Waals surface area (Å²) in [6, 6.07) is 6.04. The van der Waals surface area contributed by atoms with Crippen LogP contribution in [0.25, 0.3) is 11.5 Å². The zero-order chi connectivity index (χ0) is 14.5. The van der Waals surface area contributed by atoms with Gasteiger partial charge in [0.25, 0.3) is 5.22 Å². The van der Waals surface area contributed by atoms with Gasteiger partial charge in [-0.3, -0.25) is 10.1 Å². The first-order valence-electron chi connectivity index (χ1n) is 5.36. The van der Waals surface area contributed by atoms with Gasteiger partial charge in [-0.1, -0.05) is 29.4 Å². The number of nitrogens with one attached hydrogen (secondary N) is 1. The van der Waals surface area contributed by atoms with Gasteiger partial charge in [0.15, 0.2) is 0 Å². The van der Waals surface area contributed by atoms with Crippen molar-refractivity contribution in [3.05, 3.63) is 29.3 Å². The number of nitrogens with two attached hydrogens (primary N) is 1. The van der Waals surface area contributed by atoms with Crippen molar-refractivity contribution < 1.29 is 14.0 Å². The Bertz CT molecular complexity index is 646. The van der Waals surface area contributed by atoms with Gasteiger partial charge in [0.1, 0.15) is 0 Å². The summed E-state index contributed by atoms with van der Waals surface area (Å²) in [5, 5.41) is 10.3. The Labute approximate surface area is 122 Å². The van der Waals surface area contributed by atoms with Crippen LogP contribution in [-0.2, 0) is 4.79 Å². The first-order valence-corrected chi connectivity index (χ1v) is 6.72. The summed E-state index contributed by atoms with van der Waals surface area (Å²) in [7, 11) is 0. The number of hydrogen-bond donors (Lipinski definition) is 2. The van der Waals surface area contributed by atoms with E-state index in [0.717, 1.165) is 11.8 Å². The van der Waals surface area contributed by atoms with E-state index in [1.165, 1.54) is 0 Å². The summed E-state index contributed by atoms with van der Waals surface area (Å²) in [5.41, 5.74) is 5.49. The van der Waals surface area contributed by atoms with Gasteiger partial charge in [-0.05, 0) is 18.2 Å². The molecule has 0 aliphatic heterocycles. The second kappa shape index (κ2) is 6.40. The van der Waals surface area contributed by atoms with E-state index in [1.807, 2.05) is 5.32 Å². The lowest BCUT2D eigenvalue weighted by Gasteiger charge is -1.97. The molecule has 9 heteroatoms. The third-order valence-corrected chi connectivity index (χ3v) is 3.12. The van der Waals surface area contributed by atoms with Crippen LogP contribution in [0.5, 0.6) is 0 Å². The van der Waals surface area contributed by atoms with Crippen molar-refractivity contribution in [3.8, 4) is 11.5 Å². The van der Waals surface area contributed by atoms with Crippen LogP contribution in [0.3, 0.4) is 0 Å². The lowest BCUT2D eigenvalue weighted by atomic mass is 10.2. The molecule has 2 rings (SSSR count). The summed E-state index contributed by atoms with van der Waals surface area (Å²) in [6.45, 7) is 0. The topological polar surface area (TPSA) is 111 Å². The van der Waals surface area contributed by atoms with Gasteiger partial charge in [0, 0.05) is 10.6 Å². The van der Waals surface area contributed by atoms with E-state index in [-0.39, 0.29) is 11.0 Å². The van der Waals surface area contributed by atoms with Gasteiger partial charge in [-0.15, -0.1) is 10.2 Å². The molecule has 0 saturated heterocycles. The number of amides is 3. The Balaban J connectivity index is 1.99. The second-order valence-electron chi connectivity index (χ2n) is 3.58. The fraction of sp³-hybridized carbons (Fsp3) is 0.0909. The number of primary amides is 1. The fourth-order valence-electron chi connectivity index (χ4n) is 1.31. The first kappa shape index (κ1) is 14.4. The lowest BCUT2D eigenvalue weighted by molar-refractivity contribution is -0.117. The lowest BCUT2D eigenvalue weighted by Crippen LogP contribution is -2.36. The van der Waals surface area contributed by atoms with Crippen molar-refractivity contribution in [2.45, 2.75) is 5.22 Å². The Morgan fingerprint density at radius 1 is 1.40 bits per heavy atom. The van der Waals surface area contributed by atoms with Crippen LogP contribution >= 0.6 is 23.4 Å². The average molecular weight is 313 g/mol. The average Bonchev–Trinajstić information content (AvgIpc) is 2.84. The molecule has 0 atom stereocenters. The number of aromatic nitrogens is 2. The van der Waals surface area contributed by atoms with E-state index in [1.54, 1.807) is 24.3 Å². The van der Waals surface area contributed by atoms with Gasteiger partial charge >= 0.3 is 6.03 Å². The number of imide groups is 1. The van der Waals surface area contributed by atoms with Crippen molar-refractivity contribution in [1.29, 1.82) is 0 Å². The number of carbonyl (C=O) groups is 2. The summed E-state index contributed by atoms with van der Waals surface area (Å²) in [6.07, 6.45) is 0. The van der Waals surface area contributed by atoms with Crippen LogP contribution in [0.1, 0.15) is 0 Å². The van der Waals surface area contributed by atoms with Crippen LogP contribution in [0.15, 0.2) is 33.9 Å². The van der Waals surface area contributed by atoms with Crippen LogP contribution in [-0.4, -0.2) is 27.9 Å². The minimum Gasteiger partial charge on any atom is -0.411 e. The minimum absolute atomic E-state index is 0.0554. The normalized spacial score (nSPS) is 10.2. The number of nitrogens with zero attached hydrogens (tertiary/aromatic N) is 2. The third-order valence-electron chi connectivity index (χ3n) is 2.07. The van der Waals surface area contributed by atoms with Crippen molar-refractivity contribution in [3.63, 3.8) is 0 Å². The molecule has 0 aliphatic rings. The Morgan fingerprint density at radius 2 is 2.20 bits per heavy atom. The molecule has 0 bridgehead atoms. The van der Waals surface area contributed by atoms with E-state index in [4.69, 9.17) is 21.8 Å². The molecule has 7 nitrogen and oxygen atoms in total. The number of thioether (sulfide) groups is 1. The second-order valence-corrected chi connectivity index (χ2v) is 4.95. The zero-order valence-electron chi connectivity index (χ0n) is 10.00. The highest BCUT2D eigenvalue weighted by atomic mass is 35.5. The summed E-state index contributed by atoms with van der Waals surface area (Å²) in [5.74, 6) is -0.296. The zero-order valence-corrected chi connectivity index (χ0v) is 11.6. The molecule has 2 aromatic rings. The maximum atomic E-state index is 11.2. The highest BCUT2D eigenvalue weighted by Crippen LogP contribution is 2.24. The molecule has 0 spiro atoms. The molecule has 3 N–H and O–H groups in total. The van der Waals surface area contributed by atoms with Crippen LogP contribution < -0.4 is 11.1 Å². The fourth-order valence-corrected chi connectivity index (χ4v) is 2.06. The van der Waals surface area contributed by atoms with E-state index in [2.05, 4.69) is 10.2 Å². The highest BCUT2D eigenvalue weighted by molar-refractivity contribution is 7.99. The molecular weight excluding hydrogens is 304 g/mol. The molecule has 0 saturated carbocycles. The predicted octanol–water partition coefficient (Wildman–Crippen LogP) is 1.68. The van der Waals surface area contributed by atoms with Gasteiger partial charge in [0.05, 0.1) is 5.75 Å². The molecular formula is C11H9ClN4O3S. The largest absolute Gasteiger partial charge is 0.411 e. The standard InChI is InChI=1S/C11H9ClN4O3S/c12-7-3-1-2-6(4-7)9-15-16-11(19-9)20-5-8(17)14-10(13)18/h1-4H,5H2,(H3,13,14,17,18). The summed E-state index contributed by atoms with van der Waals surface area (Å²) in [4.78, 5) is 21.7. The van der Waals surface area contributed by atoms with Crippen molar-refractivity contribution in [2.24, 2.45) is 5.73 Å². The number of halogens is 1. The maximum Gasteiger partial charge on any atom is 0.318 e. The van der Waals surface area contributed by atoms with E-state index >= 15 is 0 Å². The molecule has 3 amide bonds. The smallest absolute Gasteiger partial charge is 0.318 e. The molecule has 1 aromatic carbocycles. The molecule has 0 fully saturated rings. The number of hydrogen-bond acceptors (Lipinski definition) is 6. The molecule has 1 heterocycles. The van der Waals surface area contributed by atoms with Gasteiger partial charge in [-0.25, -0.2) is 4.79 Å². The van der Waals surface area contributed by atoms with Crippen LogP contribution in [0, 0.1) is 0 Å². The van der Waals surface area contributed by atoms with Crippen molar-refractivity contribution in [2.75, 3.05) is 5.75 Å². The molecule has 20 heavy (non-hydrogen) atoms. The summed E-state index contributed by atoms with van der Waals surface area (Å²) >= 11 is 6.86. The molecule has 0 unspecified atom stereocenters. The molecule has 1 aromatic heterocycles. The molecule has 104 valence electrons. The maximum absolute atomic E-state index is 11.2. The van der Waals surface area contributed by atoms with Gasteiger partial charge < -0.3 is 10.2 Å². The van der Waals surface area contributed by atoms with E-state index in [9.17, 15) is 9.59 Å². The predicted molar refractivity (Wildman–Crippen MR) is 73.2 cm³/mol. The Hall–Kier alpha value is -2.06. The molecule has 0 radical (unpaired) electrons. The van der Waals surface area contributed by atoms with Crippen molar-refractivity contribution >= 4 is 35.3 Å². The quantitative estimate of drug-likeness (QED) is 0.831. The number of rotatable bonds is 4. The Morgan fingerprint density at radius 3 is 2.90 bits per heavy atom. The number of benzene rings is 1. The van der Waals surface area contributed by atoms with Crippen LogP contribution in [0.4, 0.5) is 4.79 Å². The van der Waals surface area contributed by atoms with Crippen LogP contribution in [0.2, 0.25) is 5.02 Å². The molecule has 0 aliphatic carbocycles. The van der Waals surface area contributed by atoms with E-state index < -0.39 is 11.9 Å². The monoisotopic (exact) mass is 312 g/mol. The van der Waals surface area contributed by atoms with Crippen molar-refractivity contribution in [1.82, 2.24) is 15.5 Å². The van der Waals surface area contributed by atoms with E-state index in [0.29, 0.717) is 16.5 Å². The first-order chi connectivity index (χ1) is 9.54. The number of carbonyl (C=O) groups excluding carboxylic acids is 2.